The summed E-state index contributed by atoms with van der Waals surface area (Å²) in [6.45, 7) is 12.5. The minimum absolute atomic E-state index is 0.640. The van der Waals surface area contributed by atoms with E-state index >= 15 is 0 Å². The Bertz CT molecular complexity index is 324. The average Bonchev–Trinajstić information content (AvgIpc) is 2.65. The van der Waals surface area contributed by atoms with Crippen molar-refractivity contribution in [1.29, 1.82) is 0 Å². The van der Waals surface area contributed by atoms with Gasteiger partial charge in [0.15, 0.2) is 0 Å². The predicted molar refractivity (Wildman–Crippen MR) is 108 cm³/mol. The molecule has 0 N–H and O–H groups in total. The Kier molecular flexibility index (Phi) is 9.42. The molecule has 2 rings (SSSR count). The van der Waals surface area contributed by atoms with E-state index in [1.54, 1.807) is 0 Å². The van der Waals surface area contributed by atoms with Gasteiger partial charge in [0.2, 0.25) is 0 Å². The second-order valence-corrected chi connectivity index (χ2v) is 10.4. The van der Waals surface area contributed by atoms with E-state index in [2.05, 4.69) is 36.8 Å². The predicted octanol–water partition coefficient (Wildman–Crippen LogP) is 4.80. The van der Waals surface area contributed by atoms with E-state index in [1.807, 2.05) is 0 Å². The second kappa shape index (κ2) is 11.0. The van der Waals surface area contributed by atoms with Gasteiger partial charge < -0.3 is 8.85 Å². The first kappa shape index (κ1) is 21.4. The largest absolute Gasteiger partial charge is 0.522 e. The maximum absolute atomic E-state index is 6.65. The molecule has 0 saturated heterocycles. The van der Waals surface area contributed by atoms with Crippen molar-refractivity contribution in [2.24, 2.45) is 0 Å². The Morgan fingerprint density at radius 1 is 0.640 bits per heavy atom. The Labute approximate surface area is 157 Å². The molecule has 0 spiro atoms. The van der Waals surface area contributed by atoms with Crippen molar-refractivity contribution >= 4 is 8.88 Å². The maximum Gasteiger partial charge on any atom is 0.522 e. The highest BCUT2D eigenvalue weighted by atomic mass is 28.4. The molecule has 0 atom stereocenters. The van der Waals surface area contributed by atoms with Gasteiger partial charge in [0, 0.05) is 25.3 Å². The standard InChI is InChI=1S/C20H42N2O2Si/c1-5-21(19-15-11-9-12-16-19)25(23-7-3,24-8-4)22(6-2)20-17-13-10-14-18-20/h19-20H,5-18H2,1-4H3. The highest BCUT2D eigenvalue weighted by Crippen LogP contribution is 2.33. The molecule has 0 unspecified atom stereocenters. The van der Waals surface area contributed by atoms with E-state index in [0.29, 0.717) is 12.1 Å². The van der Waals surface area contributed by atoms with Gasteiger partial charge in [0.1, 0.15) is 0 Å². The number of hydrogen-bond acceptors (Lipinski definition) is 4. The van der Waals surface area contributed by atoms with Crippen molar-refractivity contribution in [3.63, 3.8) is 0 Å². The van der Waals surface area contributed by atoms with Gasteiger partial charge in [-0.3, -0.25) is 9.13 Å². The van der Waals surface area contributed by atoms with Crippen LogP contribution in [0.1, 0.15) is 91.9 Å². The molecule has 0 radical (unpaired) electrons. The fourth-order valence-corrected chi connectivity index (χ4v) is 9.14. The molecular weight excluding hydrogens is 328 g/mol. The van der Waals surface area contributed by atoms with Crippen LogP contribution in [0.15, 0.2) is 0 Å². The summed E-state index contributed by atoms with van der Waals surface area (Å²) < 4.78 is 18.7. The molecule has 0 heterocycles. The first-order valence-corrected chi connectivity index (χ1v) is 12.8. The van der Waals surface area contributed by atoms with E-state index in [-0.39, 0.29) is 0 Å². The Balaban J connectivity index is 2.33. The second-order valence-electron chi connectivity index (χ2n) is 7.57. The fourth-order valence-electron chi connectivity index (χ4n) is 5.08. The van der Waals surface area contributed by atoms with Gasteiger partial charge in [-0.25, -0.2) is 0 Å². The number of rotatable bonds is 10. The molecule has 0 aromatic rings. The van der Waals surface area contributed by atoms with Crippen LogP contribution in [0.4, 0.5) is 0 Å². The first-order valence-electron chi connectivity index (χ1n) is 11.0. The molecule has 4 nitrogen and oxygen atoms in total. The molecule has 0 aromatic carbocycles. The van der Waals surface area contributed by atoms with E-state index in [1.165, 1.54) is 64.2 Å². The van der Waals surface area contributed by atoms with Crippen LogP contribution in [-0.4, -0.2) is 56.4 Å². The minimum atomic E-state index is -2.56. The SMILES string of the molecule is CCO[Si](OCC)(N(CC)C1CCCCC1)N(CC)C1CCCCC1. The Morgan fingerprint density at radius 2 is 1.00 bits per heavy atom. The van der Waals surface area contributed by atoms with Gasteiger partial charge in [-0.15, -0.1) is 0 Å². The van der Waals surface area contributed by atoms with Crippen LogP contribution in [0, 0.1) is 0 Å². The van der Waals surface area contributed by atoms with E-state index < -0.39 is 8.88 Å². The van der Waals surface area contributed by atoms with Crippen LogP contribution < -0.4 is 0 Å². The van der Waals surface area contributed by atoms with Crippen molar-refractivity contribution in [3.8, 4) is 0 Å². The third-order valence-corrected chi connectivity index (χ3v) is 10.2. The fraction of sp³-hybridized carbons (Fsp3) is 1.00. The van der Waals surface area contributed by atoms with Gasteiger partial charge in [0.05, 0.1) is 0 Å². The Hall–Kier alpha value is 0.0569. The molecule has 5 heteroatoms. The average molecular weight is 371 g/mol. The van der Waals surface area contributed by atoms with Crippen LogP contribution in [0.3, 0.4) is 0 Å². The molecule has 2 fully saturated rings. The highest BCUT2D eigenvalue weighted by Gasteiger charge is 2.55. The smallest absolute Gasteiger partial charge is 0.371 e. The zero-order valence-corrected chi connectivity index (χ0v) is 18.3. The summed E-state index contributed by atoms with van der Waals surface area (Å²) >= 11 is 0. The molecule has 2 aliphatic carbocycles. The summed E-state index contributed by atoms with van der Waals surface area (Å²) in [7, 11) is -2.56. The van der Waals surface area contributed by atoms with Crippen LogP contribution in [0.25, 0.3) is 0 Å². The molecule has 0 amide bonds. The van der Waals surface area contributed by atoms with Crippen LogP contribution in [0.5, 0.6) is 0 Å². The summed E-state index contributed by atoms with van der Waals surface area (Å²) in [5.74, 6) is 0. The summed E-state index contributed by atoms with van der Waals surface area (Å²) in [4.78, 5) is 0. The molecule has 25 heavy (non-hydrogen) atoms. The van der Waals surface area contributed by atoms with Gasteiger partial charge in [0.25, 0.3) is 0 Å². The third-order valence-electron chi connectivity index (χ3n) is 6.10. The zero-order valence-electron chi connectivity index (χ0n) is 17.3. The lowest BCUT2D eigenvalue weighted by Gasteiger charge is -2.51. The normalized spacial score (nSPS) is 21.4. The minimum Gasteiger partial charge on any atom is -0.371 e. The van der Waals surface area contributed by atoms with Gasteiger partial charge in [-0.2, -0.15) is 0 Å². The summed E-state index contributed by atoms with van der Waals surface area (Å²) in [5.41, 5.74) is 0. The molecule has 148 valence electrons. The molecule has 0 aromatic heterocycles. The molecule has 0 bridgehead atoms. The third kappa shape index (κ3) is 5.07. The van der Waals surface area contributed by atoms with Crippen LogP contribution >= 0.6 is 0 Å². The quantitative estimate of drug-likeness (QED) is 0.516. The summed E-state index contributed by atoms with van der Waals surface area (Å²) in [5, 5.41) is 0. The number of hydrogen-bond donors (Lipinski definition) is 0. The molecule has 2 saturated carbocycles. The molecule has 2 aliphatic rings. The van der Waals surface area contributed by atoms with Gasteiger partial charge >= 0.3 is 8.88 Å². The maximum atomic E-state index is 6.65. The molecular formula is C20H42N2O2Si. The molecule has 0 aliphatic heterocycles. The van der Waals surface area contributed by atoms with E-state index in [4.69, 9.17) is 8.85 Å². The van der Waals surface area contributed by atoms with E-state index in [9.17, 15) is 0 Å². The highest BCUT2D eigenvalue weighted by molar-refractivity contribution is 6.61. The monoisotopic (exact) mass is 370 g/mol. The van der Waals surface area contributed by atoms with Crippen molar-refractivity contribution in [2.45, 2.75) is 104 Å². The van der Waals surface area contributed by atoms with Gasteiger partial charge in [-0.1, -0.05) is 52.4 Å². The lowest BCUT2D eigenvalue weighted by molar-refractivity contribution is 0.0245. The van der Waals surface area contributed by atoms with Crippen molar-refractivity contribution < 1.29 is 8.85 Å². The lowest BCUT2D eigenvalue weighted by atomic mass is 9.95. The van der Waals surface area contributed by atoms with Gasteiger partial charge in [-0.05, 0) is 52.6 Å². The van der Waals surface area contributed by atoms with Crippen molar-refractivity contribution in [1.82, 2.24) is 9.13 Å². The van der Waals surface area contributed by atoms with Crippen molar-refractivity contribution in [3.05, 3.63) is 0 Å². The van der Waals surface area contributed by atoms with Crippen molar-refractivity contribution in [2.75, 3.05) is 26.3 Å². The van der Waals surface area contributed by atoms with E-state index in [0.717, 1.165) is 26.3 Å². The van der Waals surface area contributed by atoms with Crippen LogP contribution in [-0.2, 0) is 8.85 Å². The zero-order chi connectivity index (χ0) is 18.1. The topological polar surface area (TPSA) is 24.9 Å². The van der Waals surface area contributed by atoms with Crippen LogP contribution in [0.2, 0.25) is 0 Å². The lowest BCUT2D eigenvalue weighted by Crippen LogP contribution is -2.74. The summed E-state index contributed by atoms with van der Waals surface area (Å²) in [6.07, 6.45) is 13.5. The first-order chi connectivity index (χ1) is 12.2. The number of nitrogens with zero attached hydrogens (tertiary/aromatic N) is 2. The Morgan fingerprint density at radius 3 is 1.28 bits per heavy atom. The summed E-state index contributed by atoms with van der Waals surface area (Å²) in [6, 6.07) is 1.28.